The molecule has 4 amide bonds. The first kappa shape index (κ1) is 19.5. The fourth-order valence-corrected chi connectivity index (χ4v) is 5.16. The van der Waals surface area contributed by atoms with Gasteiger partial charge in [-0.15, -0.1) is 0 Å². The average molecular weight is 417 g/mol. The van der Waals surface area contributed by atoms with Crippen LogP contribution in [0.2, 0.25) is 0 Å². The van der Waals surface area contributed by atoms with Gasteiger partial charge in [-0.2, -0.15) is 5.26 Å². The van der Waals surface area contributed by atoms with Crippen molar-refractivity contribution in [2.24, 2.45) is 5.41 Å². The molecule has 5 rings (SSSR count). The molecule has 1 aromatic carbocycles. The van der Waals surface area contributed by atoms with E-state index in [-0.39, 0.29) is 35.3 Å². The Labute approximate surface area is 180 Å². The standard InChI is InChI=1S/C23H23N5O3/c1-23(2,3)10-18(29)26-12-14-9-17(26)20-21(30)28(22(31)27(14)20)16-7-6-13(11-24)19-15(16)5-4-8-25-19/h4-8,14,17,20H,9-10,12H2,1-3H3. The maximum Gasteiger partial charge on any atom is 0.332 e. The molecule has 158 valence electrons. The van der Waals surface area contributed by atoms with Crippen LogP contribution in [0.4, 0.5) is 10.5 Å². The highest BCUT2D eigenvalue weighted by molar-refractivity contribution is 6.25. The molecule has 3 aliphatic rings. The molecule has 3 unspecified atom stereocenters. The normalized spacial score (nSPS) is 24.8. The third-order valence-corrected chi connectivity index (χ3v) is 6.37. The fraction of sp³-hybridized carbons (Fsp3) is 0.435. The van der Waals surface area contributed by atoms with Gasteiger partial charge in [0.25, 0.3) is 5.91 Å². The van der Waals surface area contributed by atoms with E-state index in [4.69, 9.17) is 0 Å². The van der Waals surface area contributed by atoms with E-state index in [1.54, 1.807) is 40.3 Å². The summed E-state index contributed by atoms with van der Waals surface area (Å²) >= 11 is 0. The third-order valence-electron chi connectivity index (χ3n) is 6.37. The molecule has 2 bridgehead atoms. The highest BCUT2D eigenvalue weighted by atomic mass is 16.2. The number of piperazine rings is 1. The Morgan fingerprint density at radius 1 is 1.26 bits per heavy atom. The van der Waals surface area contributed by atoms with Crippen LogP contribution in [0.15, 0.2) is 30.5 Å². The monoisotopic (exact) mass is 417 g/mol. The fourth-order valence-electron chi connectivity index (χ4n) is 5.16. The molecule has 0 radical (unpaired) electrons. The lowest BCUT2D eigenvalue weighted by atomic mass is 9.91. The number of carbonyl (C=O) groups excluding carboxylic acids is 3. The van der Waals surface area contributed by atoms with Gasteiger partial charge in [-0.25, -0.2) is 9.69 Å². The van der Waals surface area contributed by atoms with Crippen LogP contribution < -0.4 is 4.90 Å². The Kier molecular flexibility index (Phi) is 4.09. The van der Waals surface area contributed by atoms with Crippen LogP contribution in [0.5, 0.6) is 0 Å². The molecule has 31 heavy (non-hydrogen) atoms. The lowest BCUT2D eigenvalue weighted by molar-refractivity contribution is -0.137. The second kappa shape index (κ2) is 6.51. The van der Waals surface area contributed by atoms with E-state index in [9.17, 15) is 19.6 Å². The molecule has 0 aliphatic carbocycles. The zero-order valence-corrected chi connectivity index (χ0v) is 17.7. The van der Waals surface area contributed by atoms with Gasteiger partial charge in [-0.1, -0.05) is 20.8 Å². The van der Waals surface area contributed by atoms with E-state index >= 15 is 0 Å². The molecule has 4 heterocycles. The topological polar surface area (TPSA) is 97.6 Å². The quantitative estimate of drug-likeness (QED) is 0.700. The van der Waals surface area contributed by atoms with Crippen molar-refractivity contribution >= 4 is 34.4 Å². The van der Waals surface area contributed by atoms with Gasteiger partial charge in [0.2, 0.25) is 5.91 Å². The molecule has 0 N–H and O–H groups in total. The average Bonchev–Trinajstić information content (AvgIpc) is 3.38. The highest BCUT2D eigenvalue weighted by Gasteiger charge is 2.63. The van der Waals surface area contributed by atoms with E-state index in [1.165, 1.54) is 4.90 Å². The maximum atomic E-state index is 13.5. The minimum atomic E-state index is -0.655. The Morgan fingerprint density at radius 3 is 2.74 bits per heavy atom. The van der Waals surface area contributed by atoms with Gasteiger partial charge in [-0.3, -0.25) is 14.6 Å². The van der Waals surface area contributed by atoms with Crippen LogP contribution in [0, 0.1) is 16.7 Å². The summed E-state index contributed by atoms with van der Waals surface area (Å²) in [4.78, 5) is 48.6. The second-order valence-electron chi connectivity index (χ2n) is 9.69. The van der Waals surface area contributed by atoms with Crippen molar-refractivity contribution in [3.05, 3.63) is 36.0 Å². The number of amides is 4. The van der Waals surface area contributed by atoms with Crippen LogP contribution in [0.3, 0.4) is 0 Å². The number of rotatable bonds is 2. The minimum absolute atomic E-state index is 0.0337. The summed E-state index contributed by atoms with van der Waals surface area (Å²) in [6, 6.07) is 7.35. The molecule has 3 fully saturated rings. The number of nitrogens with zero attached hydrogens (tertiary/aromatic N) is 5. The minimum Gasteiger partial charge on any atom is -0.335 e. The number of benzene rings is 1. The maximum absolute atomic E-state index is 13.5. The zero-order chi connectivity index (χ0) is 22.1. The SMILES string of the molecule is CC(C)(C)CC(=O)N1CC2CC1C1C(=O)N(c3ccc(C#N)c4ncccc34)C(=O)N21. The number of hydrogen-bond acceptors (Lipinski definition) is 5. The second-order valence-corrected chi connectivity index (χ2v) is 9.69. The number of aromatic nitrogens is 1. The van der Waals surface area contributed by atoms with Gasteiger partial charge in [0.05, 0.1) is 28.9 Å². The number of likely N-dealkylation sites (tertiary alicyclic amines) is 1. The number of urea groups is 1. The molecule has 0 saturated carbocycles. The largest absolute Gasteiger partial charge is 0.335 e. The molecule has 2 aromatic rings. The summed E-state index contributed by atoms with van der Waals surface area (Å²) in [5.41, 5.74) is 1.13. The predicted octanol–water partition coefficient (Wildman–Crippen LogP) is 2.66. The molecular weight excluding hydrogens is 394 g/mol. The molecule has 1 aromatic heterocycles. The molecule has 3 saturated heterocycles. The van der Waals surface area contributed by atoms with E-state index < -0.39 is 6.04 Å². The zero-order valence-electron chi connectivity index (χ0n) is 17.7. The van der Waals surface area contributed by atoms with Gasteiger partial charge in [0, 0.05) is 24.5 Å². The number of hydrogen-bond donors (Lipinski definition) is 0. The van der Waals surface area contributed by atoms with E-state index in [2.05, 4.69) is 11.1 Å². The van der Waals surface area contributed by atoms with Crippen molar-refractivity contribution in [3.63, 3.8) is 0 Å². The first-order valence-electron chi connectivity index (χ1n) is 10.4. The summed E-state index contributed by atoms with van der Waals surface area (Å²) in [6.45, 7) is 6.52. The Morgan fingerprint density at radius 2 is 2.03 bits per heavy atom. The van der Waals surface area contributed by atoms with Gasteiger partial charge >= 0.3 is 6.03 Å². The number of carbonyl (C=O) groups is 3. The number of nitriles is 1. The van der Waals surface area contributed by atoms with E-state index in [1.807, 2.05) is 20.8 Å². The lowest BCUT2D eigenvalue weighted by Crippen LogP contribution is -2.55. The third kappa shape index (κ3) is 2.80. The van der Waals surface area contributed by atoms with Crippen molar-refractivity contribution in [1.82, 2.24) is 14.8 Å². The van der Waals surface area contributed by atoms with Crippen molar-refractivity contribution in [3.8, 4) is 6.07 Å². The Balaban J connectivity index is 1.51. The molecule has 8 heteroatoms. The van der Waals surface area contributed by atoms with Crippen molar-refractivity contribution < 1.29 is 14.4 Å². The Hall–Kier alpha value is -3.47. The molecular formula is C23H23N5O3. The van der Waals surface area contributed by atoms with Crippen molar-refractivity contribution in [2.45, 2.75) is 51.7 Å². The predicted molar refractivity (Wildman–Crippen MR) is 113 cm³/mol. The van der Waals surface area contributed by atoms with Gasteiger partial charge in [-0.05, 0) is 36.1 Å². The van der Waals surface area contributed by atoms with Gasteiger partial charge < -0.3 is 9.80 Å². The smallest absolute Gasteiger partial charge is 0.332 e. The lowest BCUT2D eigenvalue weighted by Gasteiger charge is -2.36. The summed E-state index contributed by atoms with van der Waals surface area (Å²) < 4.78 is 0. The first-order chi connectivity index (χ1) is 14.7. The summed E-state index contributed by atoms with van der Waals surface area (Å²) in [7, 11) is 0. The molecule has 8 nitrogen and oxygen atoms in total. The number of imide groups is 1. The molecule has 3 aliphatic heterocycles. The van der Waals surface area contributed by atoms with Crippen molar-refractivity contribution in [2.75, 3.05) is 11.4 Å². The van der Waals surface area contributed by atoms with Crippen LogP contribution >= 0.6 is 0 Å². The van der Waals surface area contributed by atoms with Crippen LogP contribution in [-0.2, 0) is 9.59 Å². The molecule has 0 spiro atoms. The van der Waals surface area contributed by atoms with Crippen LogP contribution in [-0.4, -0.2) is 57.3 Å². The van der Waals surface area contributed by atoms with Gasteiger partial charge in [0.15, 0.2) is 0 Å². The molecule has 3 atom stereocenters. The number of fused-ring (bicyclic) bond motifs is 6. The number of pyridine rings is 1. The van der Waals surface area contributed by atoms with Crippen LogP contribution in [0.25, 0.3) is 10.9 Å². The van der Waals surface area contributed by atoms with Gasteiger partial charge in [0.1, 0.15) is 12.1 Å². The Bertz CT molecular complexity index is 1180. The summed E-state index contributed by atoms with van der Waals surface area (Å²) in [5, 5.41) is 9.96. The van der Waals surface area contributed by atoms with E-state index in [0.29, 0.717) is 41.5 Å². The van der Waals surface area contributed by atoms with Crippen LogP contribution in [0.1, 0.15) is 39.2 Å². The highest BCUT2D eigenvalue weighted by Crippen LogP contribution is 2.44. The summed E-state index contributed by atoms with van der Waals surface area (Å²) in [5.74, 6) is -0.285. The van der Waals surface area contributed by atoms with Crippen molar-refractivity contribution in [1.29, 1.82) is 5.26 Å². The first-order valence-corrected chi connectivity index (χ1v) is 10.4. The number of anilines is 1. The van der Waals surface area contributed by atoms with E-state index in [0.717, 1.165) is 0 Å². The summed E-state index contributed by atoms with van der Waals surface area (Å²) in [6.07, 6.45) is 2.63.